The van der Waals surface area contributed by atoms with Crippen molar-refractivity contribution in [3.8, 4) is 5.88 Å². The van der Waals surface area contributed by atoms with Crippen LogP contribution in [-0.2, 0) is 0 Å². The van der Waals surface area contributed by atoms with E-state index in [1.54, 1.807) is 0 Å². The Hall–Kier alpha value is -1.03. The third-order valence-electron chi connectivity index (χ3n) is 2.86. The number of piperidine rings is 1. The molecule has 4 nitrogen and oxygen atoms in total. The normalized spacial score (nSPS) is 25.8. The van der Waals surface area contributed by atoms with Gasteiger partial charge in [-0.1, -0.05) is 25.4 Å². The monoisotopic (exact) mass is 241 g/mol. The van der Waals surface area contributed by atoms with Gasteiger partial charge in [0.2, 0.25) is 11.8 Å². The van der Waals surface area contributed by atoms with Crippen molar-refractivity contribution in [1.29, 1.82) is 0 Å². The maximum atomic E-state index is 9.45. The highest BCUT2D eigenvalue weighted by molar-refractivity contribution is 6.31. The lowest BCUT2D eigenvalue weighted by Crippen LogP contribution is -2.39. The first-order valence-corrected chi connectivity index (χ1v) is 5.90. The van der Waals surface area contributed by atoms with Gasteiger partial charge in [0.05, 0.1) is 6.20 Å². The third-order valence-corrected chi connectivity index (χ3v) is 3.13. The molecule has 1 aliphatic heterocycles. The van der Waals surface area contributed by atoms with Crippen LogP contribution in [0, 0.1) is 11.8 Å². The van der Waals surface area contributed by atoms with Crippen LogP contribution in [-0.4, -0.2) is 28.2 Å². The lowest BCUT2D eigenvalue weighted by atomic mass is 9.92. The van der Waals surface area contributed by atoms with Gasteiger partial charge in [0.15, 0.2) is 0 Å². The molecule has 0 aromatic carbocycles. The van der Waals surface area contributed by atoms with Crippen LogP contribution in [0.3, 0.4) is 0 Å². The fourth-order valence-corrected chi connectivity index (χ4v) is 2.42. The lowest BCUT2D eigenvalue weighted by molar-refractivity contribution is 0.352. The van der Waals surface area contributed by atoms with Crippen molar-refractivity contribution in [1.82, 2.24) is 9.97 Å². The average Bonchev–Trinajstić information content (AvgIpc) is 2.20. The maximum absolute atomic E-state index is 9.45. The quantitative estimate of drug-likeness (QED) is 0.820. The smallest absolute Gasteiger partial charge is 0.235 e. The predicted octanol–water partition coefficient (Wildman–Crippen LogP) is 2.32. The molecule has 88 valence electrons. The Kier molecular flexibility index (Phi) is 3.19. The molecule has 2 atom stereocenters. The van der Waals surface area contributed by atoms with Gasteiger partial charge in [-0.3, -0.25) is 0 Å². The highest BCUT2D eigenvalue weighted by atomic mass is 35.5. The van der Waals surface area contributed by atoms with Crippen LogP contribution >= 0.6 is 11.6 Å². The number of hydrogen-bond acceptors (Lipinski definition) is 4. The average molecular weight is 242 g/mol. The lowest BCUT2D eigenvalue weighted by Gasteiger charge is -2.34. The Morgan fingerprint density at radius 1 is 1.38 bits per heavy atom. The molecule has 5 heteroatoms. The Morgan fingerprint density at radius 2 is 2.00 bits per heavy atom. The van der Waals surface area contributed by atoms with Crippen molar-refractivity contribution >= 4 is 17.5 Å². The van der Waals surface area contributed by atoms with E-state index in [1.807, 2.05) is 0 Å². The van der Waals surface area contributed by atoms with Crippen LogP contribution in [0.25, 0.3) is 0 Å². The van der Waals surface area contributed by atoms with Crippen LogP contribution in [0.15, 0.2) is 6.20 Å². The van der Waals surface area contributed by atoms with Crippen molar-refractivity contribution in [3.63, 3.8) is 0 Å². The van der Waals surface area contributed by atoms with Crippen LogP contribution in [0.1, 0.15) is 20.3 Å². The Bertz CT molecular complexity index is 375. The summed E-state index contributed by atoms with van der Waals surface area (Å²) in [5.41, 5.74) is 0. The molecule has 2 rings (SSSR count). The number of aromatic nitrogens is 2. The van der Waals surface area contributed by atoms with Gasteiger partial charge in [0, 0.05) is 13.1 Å². The number of anilines is 1. The Morgan fingerprint density at radius 3 is 2.56 bits per heavy atom. The van der Waals surface area contributed by atoms with E-state index in [2.05, 4.69) is 28.7 Å². The van der Waals surface area contributed by atoms with E-state index in [4.69, 9.17) is 11.6 Å². The number of aromatic hydroxyl groups is 1. The number of halogens is 1. The van der Waals surface area contributed by atoms with Gasteiger partial charge in [-0.2, -0.15) is 4.98 Å². The van der Waals surface area contributed by atoms with Crippen LogP contribution in [0.4, 0.5) is 5.95 Å². The molecule has 0 spiro atoms. The summed E-state index contributed by atoms with van der Waals surface area (Å²) in [6.45, 7) is 6.31. The van der Waals surface area contributed by atoms with E-state index in [1.165, 1.54) is 12.6 Å². The maximum Gasteiger partial charge on any atom is 0.235 e. The summed E-state index contributed by atoms with van der Waals surface area (Å²) in [6.07, 6.45) is 2.68. The molecule has 1 N–H and O–H groups in total. The van der Waals surface area contributed by atoms with E-state index < -0.39 is 0 Å². The fraction of sp³-hybridized carbons (Fsp3) is 0.636. The minimum Gasteiger partial charge on any atom is -0.492 e. The molecule has 2 heterocycles. The zero-order valence-electron chi connectivity index (χ0n) is 9.52. The van der Waals surface area contributed by atoms with E-state index in [9.17, 15) is 5.11 Å². The molecule has 0 saturated carbocycles. The van der Waals surface area contributed by atoms with Crippen molar-refractivity contribution in [3.05, 3.63) is 11.2 Å². The van der Waals surface area contributed by atoms with Crippen molar-refractivity contribution in [2.45, 2.75) is 20.3 Å². The van der Waals surface area contributed by atoms with E-state index >= 15 is 0 Å². The largest absolute Gasteiger partial charge is 0.492 e. The molecule has 1 saturated heterocycles. The van der Waals surface area contributed by atoms with Gasteiger partial charge in [-0.05, 0) is 18.3 Å². The van der Waals surface area contributed by atoms with Crippen LogP contribution in [0.5, 0.6) is 5.88 Å². The Labute approximate surface area is 100 Å². The van der Waals surface area contributed by atoms with Gasteiger partial charge in [-0.25, -0.2) is 4.98 Å². The SMILES string of the molecule is C[C@@H]1C[C@H](C)CN(c2ncc(Cl)c(O)n2)C1. The molecule has 0 amide bonds. The first-order chi connectivity index (χ1) is 7.56. The molecule has 0 aliphatic carbocycles. The second kappa shape index (κ2) is 4.45. The van der Waals surface area contributed by atoms with Gasteiger partial charge in [-0.15, -0.1) is 0 Å². The minimum atomic E-state index is -0.141. The van der Waals surface area contributed by atoms with Crippen molar-refractivity contribution in [2.75, 3.05) is 18.0 Å². The number of rotatable bonds is 1. The molecule has 1 fully saturated rings. The van der Waals surface area contributed by atoms with Crippen molar-refractivity contribution < 1.29 is 5.11 Å². The zero-order valence-corrected chi connectivity index (χ0v) is 10.3. The molecule has 0 unspecified atom stereocenters. The minimum absolute atomic E-state index is 0.141. The Balaban J connectivity index is 2.19. The topological polar surface area (TPSA) is 49.2 Å². The van der Waals surface area contributed by atoms with Crippen LogP contribution < -0.4 is 4.90 Å². The number of nitrogens with zero attached hydrogens (tertiary/aromatic N) is 3. The van der Waals surface area contributed by atoms with Gasteiger partial charge in [0.25, 0.3) is 0 Å². The van der Waals surface area contributed by atoms with Gasteiger partial charge >= 0.3 is 0 Å². The highest BCUT2D eigenvalue weighted by Gasteiger charge is 2.23. The summed E-state index contributed by atoms with van der Waals surface area (Å²) in [7, 11) is 0. The third kappa shape index (κ3) is 2.38. The molecule has 1 aliphatic rings. The summed E-state index contributed by atoms with van der Waals surface area (Å²) >= 11 is 5.68. The highest BCUT2D eigenvalue weighted by Crippen LogP contribution is 2.26. The second-order valence-corrected chi connectivity index (χ2v) is 5.10. The van der Waals surface area contributed by atoms with Gasteiger partial charge in [0.1, 0.15) is 5.02 Å². The van der Waals surface area contributed by atoms with Gasteiger partial charge < -0.3 is 10.0 Å². The molecule has 1 aromatic heterocycles. The summed E-state index contributed by atoms with van der Waals surface area (Å²) in [6, 6.07) is 0. The molecule has 1 aromatic rings. The molecule has 16 heavy (non-hydrogen) atoms. The second-order valence-electron chi connectivity index (χ2n) is 4.69. The standard InChI is InChI=1S/C11H16ClN3O/c1-7-3-8(2)6-15(5-7)11-13-4-9(12)10(16)14-11/h4,7-8H,3,5-6H2,1-2H3,(H,13,14,16)/t7-,8+. The predicted molar refractivity (Wildman–Crippen MR) is 63.9 cm³/mol. The molecular formula is C11H16ClN3O. The molecular weight excluding hydrogens is 226 g/mol. The fourth-order valence-electron chi connectivity index (χ4n) is 2.33. The number of hydrogen-bond donors (Lipinski definition) is 1. The van der Waals surface area contributed by atoms with E-state index in [-0.39, 0.29) is 10.9 Å². The van der Waals surface area contributed by atoms with Crippen LogP contribution in [0.2, 0.25) is 5.02 Å². The zero-order chi connectivity index (χ0) is 11.7. The first kappa shape index (κ1) is 11.5. The van der Waals surface area contributed by atoms with Crippen molar-refractivity contribution in [2.24, 2.45) is 11.8 Å². The molecule has 0 bridgehead atoms. The van der Waals surface area contributed by atoms with E-state index in [0.29, 0.717) is 17.8 Å². The summed E-state index contributed by atoms with van der Waals surface area (Å²) < 4.78 is 0. The summed E-state index contributed by atoms with van der Waals surface area (Å²) in [5.74, 6) is 1.69. The molecule has 0 radical (unpaired) electrons. The summed E-state index contributed by atoms with van der Waals surface area (Å²) in [5, 5.41) is 9.65. The summed E-state index contributed by atoms with van der Waals surface area (Å²) in [4.78, 5) is 10.3. The van der Waals surface area contributed by atoms with E-state index in [0.717, 1.165) is 13.1 Å². The first-order valence-electron chi connectivity index (χ1n) is 5.52.